The lowest BCUT2D eigenvalue weighted by molar-refractivity contribution is 0.651. The summed E-state index contributed by atoms with van der Waals surface area (Å²) in [6.45, 7) is 14.4. The summed E-state index contributed by atoms with van der Waals surface area (Å²) in [5.74, 6) is 0.692. The van der Waals surface area contributed by atoms with Gasteiger partial charge in [0.25, 0.3) is 0 Å². The summed E-state index contributed by atoms with van der Waals surface area (Å²) in [6, 6.07) is 0. The Kier molecular flexibility index (Phi) is 5.44. The van der Waals surface area contributed by atoms with Crippen LogP contribution >= 0.6 is 0 Å². The predicted octanol–water partition coefficient (Wildman–Crippen LogP) is 4.11. The van der Waals surface area contributed by atoms with Crippen LogP contribution in [0.15, 0.2) is 36.5 Å². The molecule has 0 fully saturated rings. The van der Waals surface area contributed by atoms with Gasteiger partial charge in [0.2, 0.25) is 0 Å². The SMILES string of the molecule is C=C(/C=C\C(=C)CC(C)C)CC. The lowest BCUT2D eigenvalue weighted by Crippen LogP contribution is -1.87. The molecular weight excluding hydrogens is 144 g/mol. The Labute approximate surface area is 76.7 Å². The van der Waals surface area contributed by atoms with Crippen molar-refractivity contribution in [1.29, 1.82) is 0 Å². The van der Waals surface area contributed by atoms with E-state index in [-0.39, 0.29) is 0 Å². The molecule has 0 aliphatic rings. The highest BCUT2D eigenvalue weighted by molar-refractivity contribution is 5.23. The monoisotopic (exact) mass is 164 g/mol. The fourth-order valence-corrected chi connectivity index (χ4v) is 0.946. The zero-order valence-corrected chi connectivity index (χ0v) is 8.56. The van der Waals surface area contributed by atoms with Crippen LogP contribution in [0.25, 0.3) is 0 Å². The van der Waals surface area contributed by atoms with E-state index in [1.807, 2.05) is 0 Å². The number of rotatable bonds is 5. The first-order valence-corrected chi connectivity index (χ1v) is 4.59. The van der Waals surface area contributed by atoms with Crippen molar-refractivity contribution in [2.75, 3.05) is 0 Å². The quantitative estimate of drug-likeness (QED) is 0.536. The van der Waals surface area contributed by atoms with E-state index in [1.165, 1.54) is 11.1 Å². The molecule has 0 heteroatoms. The summed E-state index contributed by atoms with van der Waals surface area (Å²) >= 11 is 0. The maximum absolute atomic E-state index is 3.97. The van der Waals surface area contributed by atoms with Crippen LogP contribution in [0.3, 0.4) is 0 Å². The Morgan fingerprint density at radius 1 is 1.17 bits per heavy atom. The molecule has 0 radical (unpaired) electrons. The molecule has 0 spiro atoms. The molecule has 0 unspecified atom stereocenters. The van der Waals surface area contributed by atoms with E-state index in [4.69, 9.17) is 0 Å². The van der Waals surface area contributed by atoms with E-state index >= 15 is 0 Å². The highest BCUT2D eigenvalue weighted by Gasteiger charge is 1.94. The zero-order chi connectivity index (χ0) is 9.56. The topological polar surface area (TPSA) is 0 Å². The maximum atomic E-state index is 3.97. The minimum absolute atomic E-state index is 0.692. The Bertz CT molecular complexity index is 182. The number of allylic oxidation sites excluding steroid dienone is 4. The molecule has 68 valence electrons. The summed E-state index contributed by atoms with van der Waals surface area (Å²) in [5.41, 5.74) is 2.36. The van der Waals surface area contributed by atoms with Crippen LogP contribution in [0.5, 0.6) is 0 Å². The smallest absolute Gasteiger partial charge is 0.0262 e. The largest absolute Gasteiger partial charge is 0.0958 e. The van der Waals surface area contributed by atoms with Crippen LogP contribution in [-0.4, -0.2) is 0 Å². The van der Waals surface area contributed by atoms with Crippen LogP contribution in [0.1, 0.15) is 33.6 Å². The van der Waals surface area contributed by atoms with E-state index < -0.39 is 0 Å². The van der Waals surface area contributed by atoms with Gasteiger partial charge in [-0.05, 0) is 18.8 Å². The second-order valence-electron chi connectivity index (χ2n) is 3.60. The van der Waals surface area contributed by atoms with Gasteiger partial charge in [0.05, 0.1) is 0 Å². The molecule has 0 aromatic heterocycles. The van der Waals surface area contributed by atoms with Crippen molar-refractivity contribution < 1.29 is 0 Å². The van der Waals surface area contributed by atoms with E-state index in [0.29, 0.717) is 5.92 Å². The molecule has 0 nitrogen and oxygen atoms in total. The first kappa shape index (κ1) is 11.2. The molecule has 0 aromatic rings. The van der Waals surface area contributed by atoms with Gasteiger partial charge in [-0.15, -0.1) is 0 Å². The molecule has 0 aliphatic carbocycles. The normalized spacial score (nSPS) is 11.0. The second-order valence-corrected chi connectivity index (χ2v) is 3.60. The Morgan fingerprint density at radius 2 is 1.67 bits per heavy atom. The zero-order valence-electron chi connectivity index (χ0n) is 8.56. The van der Waals surface area contributed by atoms with E-state index in [1.54, 1.807) is 0 Å². The summed E-state index contributed by atoms with van der Waals surface area (Å²) in [7, 11) is 0. The predicted molar refractivity (Wildman–Crippen MR) is 57.2 cm³/mol. The third kappa shape index (κ3) is 5.96. The second kappa shape index (κ2) is 5.82. The van der Waals surface area contributed by atoms with Crippen LogP contribution in [0, 0.1) is 5.92 Å². The van der Waals surface area contributed by atoms with E-state index in [2.05, 4.69) is 46.1 Å². The number of hydrogen-bond acceptors (Lipinski definition) is 0. The average Bonchev–Trinajstić information content (AvgIpc) is 1.99. The van der Waals surface area contributed by atoms with E-state index in [0.717, 1.165) is 12.8 Å². The molecule has 0 rings (SSSR count). The molecule has 0 saturated heterocycles. The molecule has 0 bridgehead atoms. The van der Waals surface area contributed by atoms with Crippen LogP contribution < -0.4 is 0 Å². The molecule has 0 aliphatic heterocycles. The standard InChI is InChI=1S/C12H20/c1-6-11(4)7-8-12(5)9-10(2)3/h7-8,10H,4-6,9H2,1-3H3/b8-7-. The highest BCUT2D eigenvalue weighted by atomic mass is 14.0. The fraction of sp³-hybridized carbons (Fsp3) is 0.500. The Morgan fingerprint density at radius 3 is 2.08 bits per heavy atom. The Balaban J connectivity index is 3.83. The van der Waals surface area contributed by atoms with Gasteiger partial charge in [0.1, 0.15) is 0 Å². The van der Waals surface area contributed by atoms with Gasteiger partial charge in [-0.25, -0.2) is 0 Å². The first-order chi connectivity index (χ1) is 5.56. The summed E-state index contributed by atoms with van der Waals surface area (Å²) in [4.78, 5) is 0. The van der Waals surface area contributed by atoms with Gasteiger partial charge < -0.3 is 0 Å². The molecule has 0 saturated carbocycles. The van der Waals surface area contributed by atoms with Gasteiger partial charge in [0.15, 0.2) is 0 Å². The van der Waals surface area contributed by atoms with Crippen molar-refractivity contribution in [2.45, 2.75) is 33.6 Å². The molecular formula is C12H20. The third-order valence-electron chi connectivity index (χ3n) is 1.68. The summed E-state index contributed by atoms with van der Waals surface area (Å²) in [6.07, 6.45) is 6.23. The van der Waals surface area contributed by atoms with E-state index in [9.17, 15) is 0 Å². The average molecular weight is 164 g/mol. The van der Waals surface area contributed by atoms with Crippen molar-refractivity contribution in [2.24, 2.45) is 5.92 Å². The summed E-state index contributed by atoms with van der Waals surface area (Å²) < 4.78 is 0. The number of hydrogen-bond donors (Lipinski definition) is 0. The van der Waals surface area contributed by atoms with Gasteiger partial charge in [0, 0.05) is 0 Å². The molecule has 0 heterocycles. The van der Waals surface area contributed by atoms with Crippen molar-refractivity contribution in [3.05, 3.63) is 36.5 Å². The van der Waals surface area contributed by atoms with Crippen LogP contribution in [0.4, 0.5) is 0 Å². The lowest BCUT2D eigenvalue weighted by Gasteiger charge is -2.03. The molecule has 0 N–H and O–H groups in total. The molecule has 0 atom stereocenters. The van der Waals surface area contributed by atoms with Gasteiger partial charge in [-0.2, -0.15) is 0 Å². The van der Waals surface area contributed by atoms with Crippen molar-refractivity contribution >= 4 is 0 Å². The minimum Gasteiger partial charge on any atom is -0.0958 e. The van der Waals surface area contributed by atoms with Gasteiger partial charge in [-0.1, -0.05) is 57.2 Å². The lowest BCUT2D eigenvalue weighted by atomic mass is 10.0. The van der Waals surface area contributed by atoms with Crippen LogP contribution in [-0.2, 0) is 0 Å². The third-order valence-corrected chi connectivity index (χ3v) is 1.68. The summed E-state index contributed by atoms with van der Waals surface area (Å²) in [5, 5.41) is 0. The molecule has 0 amide bonds. The van der Waals surface area contributed by atoms with Crippen molar-refractivity contribution in [1.82, 2.24) is 0 Å². The van der Waals surface area contributed by atoms with Crippen LogP contribution in [0.2, 0.25) is 0 Å². The fourth-order valence-electron chi connectivity index (χ4n) is 0.946. The van der Waals surface area contributed by atoms with Crippen molar-refractivity contribution in [3.8, 4) is 0 Å². The minimum atomic E-state index is 0.692. The van der Waals surface area contributed by atoms with Gasteiger partial charge in [-0.3, -0.25) is 0 Å². The van der Waals surface area contributed by atoms with Crippen molar-refractivity contribution in [3.63, 3.8) is 0 Å². The molecule has 0 aromatic carbocycles. The Hall–Kier alpha value is -0.780. The first-order valence-electron chi connectivity index (χ1n) is 4.59. The molecule has 12 heavy (non-hydrogen) atoms. The van der Waals surface area contributed by atoms with Gasteiger partial charge >= 0.3 is 0 Å². The maximum Gasteiger partial charge on any atom is -0.0262 e. The highest BCUT2D eigenvalue weighted by Crippen LogP contribution is 2.11.